The van der Waals surface area contributed by atoms with Crippen molar-refractivity contribution in [2.24, 2.45) is 11.7 Å². The third-order valence-corrected chi connectivity index (χ3v) is 3.84. The van der Waals surface area contributed by atoms with Gasteiger partial charge >= 0.3 is 0 Å². The Hall–Kier alpha value is -0.220. The number of hydrogen-bond acceptors (Lipinski definition) is 3. The van der Waals surface area contributed by atoms with Gasteiger partial charge in [-0.25, -0.2) is 0 Å². The molecule has 0 radical (unpaired) electrons. The van der Waals surface area contributed by atoms with Crippen LogP contribution in [0.1, 0.15) is 20.8 Å². The van der Waals surface area contributed by atoms with Gasteiger partial charge in [0.05, 0.1) is 6.04 Å². The molecular weight excluding hydrogens is 196 g/mol. The standard InChI is InChI=1S/C10H20N2OS/c1-7(2)9(11)10(13)12-4-5-14-6-8(12)3/h7-9H,4-6,11H2,1-3H3. The molecule has 0 saturated carbocycles. The summed E-state index contributed by atoms with van der Waals surface area (Å²) < 4.78 is 0. The van der Waals surface area contributed by atoms with Gasteiger partial charge in [-0.05, 0) is 12.8 Å². The first kappa shape index (κ1) is 11.9. The molecule has 1 aliphatic rings. The van der Waals surface area contributed by atoms with Crippen molar-refractivity contribution in [2.45, 2.75) is 32.9 Å². The zero-order chi connectivity index (χ0) is 10.7. The summed E-state index contributed by atoms with van der Waals surface area (Å²) in [5.41, 5.74) is 5.86. The van der Waals surface area contributed by atoms with E-state index >= 15 is 0 Å². The highest BCUT2D eigenvalue weighted by Gasteiger charge is 2.28. The third kappa shape index (κ3) is 2.64. The van der Waals surface area contributed by atoms with Crippen molar-refractivity contribution in [1.29, 1.82) is 0 Å². The SMILES string of the molecule is CC(C)C(N)C(=O)N1CCSCC1C. The molecule has 2 N–H and O–H groups in total. The quantitative estimate of drug-likeness (QED) is 0.747. The van der Waals surface area contributed by atoms with Gasteiger partial charge in [0.15, 0.2) is 0 Å². The Bertz CT molecular complexity index is 208. The van der Waals surface area contributed by atoms with Crippen LogP contribution in [0.4, 0.5) is 0 Å². The number of carbonyl (C=O) groups is 1. The van der Waals surface area contributed by atoms with Gasteiger partial charge in [-0.2, -0.15) is 11.8 Å². The fourth-order valence-corrected chi connectivity index (χ4v) is 2.54. The molecule has 2 unspecified atom stereocenters. The predicted molar refractivity (Wildman–Crippen MR) is 61.3 cm³/mol. The lowest BCUT2D eigenvalue weighted by Gasteiger charge is -2.35. The molecule has 1 amide bonds. The maximum absolute atomic E-state index is 11.9. The number of hydrogen-bond donors (Lipinski definition) is 1. The molecule has 1 saturated heterocycles. The Morgan fingerprint density at radius 1 is 1.57 bits per heavy atom. The Labute approximate surface area is 90.4 Å². The van der Waals surface area contributed by atoms with E-state index in [0.29, 0.717) is 6.04 Å². The van der Waals surface area contributed by atoms with Crippen LogP contribution in [0.3, 0.4) is 0 Å². The van der Waals surface area contributed by atoms with Gasteiger partial charge in [-0.1, -0.05) is 13.8 Å². The van der Waals surface area contributed by atoms with Crippen LogP contribution in [0.25, 0.3) is 0 Å². The first-order chi connectivity index (χ1) is 6.54. The van der Waals surface area contributed by atoms with Gasteiger partial charge in [0.25, 0.3) is 0 Å². The number of rotatable bonds is 2. The van der Waals surface area contributed by atoms with E-state index in [9.17, 15) is 4.79 Å². The predicted octanol–water partition coefficient (Wildman–Crippen LogP) is 0.934. The summed E-state index contributed by atoms with van der Waals surface area (Å²) in [6.45, 7) is 6.93. The van der Waals surface area contributed by atoms with E-state index in [4.69, 9.17) is 5.73 Å². The Balaban J connectivity index is 2.58. The van der Waals surface area contributed by atoms with Crippen molar-refractivity contribution in [2.75, 3.05) is 18.1 Å². The largest absolute Gasteiger partial charge is 0.337 e. The topological polar surface area (TPSA) is 46.3 Å². The number of thioether (sulfide) groups is 1. The molecule has 4 heteroatoms. The first-order valence-electron chi connectivity index (χ1n) is 5.18. The van der Waals surface area contributed by atoms with Crippen LogP contribution in [-0.4, -0.2) is 40.9 Å². The van der Waals surface area contributed by atoms with Crippen molar-refractivity contribution < 1.29 is 4.79 Å². The summed E-state index contributed by atoms with van der Waals surface area (Å²) in [6, 6.07) is 0.00611. The van der Waals surface area contributed by atoms with E-state index in [-0.39, 0.29) is 17.9 Å². The molecule has 14 heavy (non-hydrogen) atoms. The maximum Gasteiger partial charge on any atom is 0.240 e. The lowest BCUT2D eigenvalue weighted by atomic mass is 10.0. The van der Waals surface area contributed by atoms with Gasteiger partial charge in [0.2, 0.25) is 5.91 Å². The molecule has 82 valence electrons. The van der Waals surface area contributed by atoms with Crippen LogP contribution in [0, 0.1) is 5.92 Å². The van der Waals surface area contributed by atoms with E-state index in [0.717, 1.165) is 18.1 Å². The molecular formula is C10H20N2OS. The molecule has 1 heterocycles. The molecule has 1 aliphatic heterocycles. The Morgan fingerprint density at radius 3 is 2.71 bits per heavy atom. The van der Waals surface area contributed by atoms with Crippen LogP contribution in [-0.2, 0) is 4.79 Å². The molecule has 0 aliphatic carbocycles. The van der Waals surface area contributed by atoms with E-state index in [1.165, 1.54) is 0 Å². The molecule has 1 fully saturated rings. The Kier molecular flexibility index (Phi) is 4.26. The van der Waals surface area contributed by atoms with Gasteiger partial charge in [-0.15, -0.1) is 0 Å². The Morgan fingerprint density at radius 2 is 2.21 bits per heavy atom. The van der Waals surface area contributed by atoms with E-state index in [1.807, 2.05) is 30.5 Å². The minimum atomic E-state index is -0.333. The summed E-state index contributed by atoms with van der Waals surface area (Å²) in [4.78, 5) is 13.9. The average molecular weight is 216 g/mol. The summed E-state index contributed by atoms with van der Waals surface area (Å²) >= 11 is 1.91. The highest BCUT2D eigenvalue weighted by atomic mass is 32.2. The molecule has 0 aromatic heterocycles. The van der Waals surface area contributed by atoms with Gasteiger partial charge in [-0.3, -0.25) is 4.79 Å². The molecule has 0 spiro atoms. The van der Waals surface area contributed by atoms with Crippen molar-refractivity contribution in [3.05, 3.63) is 0 Å². The van der Waals surface area contributed by atoms with Crippen LogP contribution in [0.2, 0.25) is 0 Å². The van der Waals surface area contributed by atoms with Gasteiger partial charge in [0, 0.05) is 24.1 Å². The minimum absolute atomic E-state index is 0.118. The fourth-order valence-electron chi connectivity index (χ4n) is 1.53. The van der Waals surface area contributed by atoms with Crippen molar-refractivity contribution in [3.63, 3.8) is 0 Å². The molecule has 0 aromatic carbocycles. The van der Waals surface area contributed by atoms with Gasteiger partial charge < -0.3 is 10.6 Å². The summed E-state index contributed by atoms with van der Waals surface area (Å²) in [6.07, 6.45) is 0. The molecule has 0 bridgehead atoms. The van der Waals surface area contributed by atoms with Crippen LogP contribution in [0.5, 0.6) is 0 Å². The minimum Gasteiger partial charge on any atom is -0.337 e. The second kappa shape index (κ2) is 5.03. The zero-order valence-electron chi connectivity index (χ0n) is 9.19. The van der Waals surface area contributed by atoms with Crippen molar-refractivity contribution >= 4 is 17.7 Å². The number of nitrogens with zero attached hydrogens (tertiary/aromatic N) is 1. The molecule has 1 rings (SSSR count). The zero-order valence-corrected chi connectivity index (χ0v) is 10.0. The van der Waals surface area contributed by atoms with Crippen molar-refractivity contribution in [3.8, 4) is 0 Å². The lowest BCUT2D eigenvalue weighted by Crippen LogP contribution is -2.52. The second-order valence-corrected chi connectivity index (χ2v) is 5.38. The smallest absolute Gasteiger partial charge is 0.240 e. The van der Waals surface area contributed by atoms with E-state index in [1.54, 1.807) is 0 Å². The monoisotopic (exact) mass is 216 g/mol. The third-order valence-electron chi connectivity index (χ3n) is 2.65. The van der Waals surface area contributed by atoms with E-state index < -0.39 is 0 Å². The van der Waals surface area contributed by atoms with E-state index in [2.05, 4.69) is 6.92 Å². The first-order valence-corrected chi connectivity index (χ1v) is 6.33. The fraction of sp³-hybridized carbons (Fsp3) is 0.900. The number of carbonyl (C=O) groups excluding carboxylic acids is 1. The molecule has 3 nitrogen and oxygen atoms in total. The lowest BCUT2D eigenvalue weighted by molar-refractivity contribution is -0.135. The second-order valence-electron chi connectivity index (χ2n) is 4.23. The van der Waals surface area contributed by atoms with Crippen molar-refractivity contribution in [1.82, 2.24) is 4.90 Å². The molecule has 0 aromatic rings. The highest BCUT2D eigenvalue weighted by molar-refractivity contribution is 7.99. The number of nitrogens with two attached hydrogens (primary N) is 1. The maximum atomic E-state index is 11.9. The average Bonchev–Trinajstić information content (AvgIpc) is 2.16. The normalized spacial score (nSPS) is 25.2. The summed E-state index contributed by atoms with van der Waals surface area (Å²) in [7, 11) is 0. The number of amides is 1. The van der Waals surface area contributed by atoms with Gasteiger partial charge in [0.1, 0.15) is 0 Å². The highest BCUT2D eigenvalue weighted by Crippen LogP contribution is 2.17. The summed E-state index contributed by atoms with van der Waals surface area (Å²) in [5, 5.41) is 0. The van der Waals surface area contributed by atoms with Crippen LogP contribution >= 0.6 is 11.8 Å². The summed E-state index contributed by atoms with van der Waals surface area (Å²) in [5.74, 6) is 2.43. The van der Waals surface area contributed by atoms with Crippen LogP contribution in [0.15, 0.2) is 0 Å². The van der Waals surface area contributed by atoms with Crippen LogP contribution < -0.4 is 5.73 Å². The molecule has 2 atom stereocenters.